The summed E-state index contributed by atoms with van der Waals surface area (Å²) in [7, 11) is 1.62. The lowest BCUT2D eigenvalue weighted by Crippen LogP contribution is -2.44. The van der Waals surface area contributed by atoms with Crippen molar-refractivity contribution in [2.45, 2.75) is 39.2 Å². The Bertz CT molecular complexity index is 1320. The van der Waals surface area contributed by atoms with Gasteiger partial charge in [-0.1, -0.05) is 12.1 Å². The summed E-state index contributed by atoms with van der Waals surface area (Å²) < 4.78 is 22.9. The molecule has 0 bridgehead atoms. The van der Waals surface area contributed by atoms with E-state index in [2.05, 4.69) is 14.8 Å². The van der Waals surface area contributed by atoms with Crippen LogP contribution in [0.5, 0.6) is 5.88 Å². The fourth-order valence-corrected chi connectivity index (χ4v) is 4.33. The van der Waals surface area contributed by atoms with Gasteiger partial charge in [-0.3, -0.25) is 0 Å². The van der Waals surface area contributed by atoms with E-state index in [0.717, 1.165) is 59.2 Å². The van der Waals surface area contributed by atoms with Crippen LogP contribution >= 0.6 is 0 Å². The Morgan fingerprint density at radius 1 is 1.21 bits per heavy atom. The molecular weight excluding hydrogens is 419 g/mol. The normalized spacial score (nSPS) is 16.0. The second-order valence-electron chi connectivity index (χ2n) is 8.34. The summed E-state index contributed by atoms with van der Waals surface area (Å²) in [6.07, 6.45) is 7.71. The third-order valence-electron chi connectivity index (χ3n) is 6.00. The van der Waals surface area contributed by atoms with Gasteiger partial charge in [-0.05, 0) is 67.1 Å². The summed E-state index contributed by atoms with van der Waals surface area (Å²) in [4.78, 5) is 13.9. The predicted molar refractivity (Wildman–Crippen MR) is 122 cm³/mol. The first-order valence-electron chi connectivity index (χ1n) is 11.0. The number of pyridine rings is 1. The van der Waals surface area contributed by atoms with Gasteiger partial charge < -0.3 is 9.30 Å². The number of H-pyrrole nitrogens is 1. The molecule has 8 heteroatoms. The number of rotatable bonds is 5. The van der Waals surface area contributed by atoms with Gasteiger partial charge in [0, 0.05) is 12.3 Å². The minimum absolute atomic E-state index is 0.147. The first-order valence-corrected chi connectivity index (χ1v) is 11.0. The van der Waals surface area contributed by atoms with Crippen LogP contribution in [0.1, 0.15) is 54.3 Å². The van der Waals surface area contributed by atoms with E-state index in [1.54, 1.807) is 13.4 Å². The summed E-state index contributed by atoms with van der Waals surface area (Å²) in [6, 6.07) is 10.7. The quantitative estimate of drug-likeness (QED) is 0.467. The zero-order chi connectivity index (χ0) is 22.9. The van der Waals surface area contributed by atoms with Crippen molar-refractivity contribution < 1.29 is 13.8 Å². The van der Waals surface area contributed by atoms with Gasteiger partial charge in [0.25, 0.3) is 5.82 Å². The van der Waals surface area contributed by atoms with Crippen molar-refractivity contribution in [2.24, 2.45) is 0 Å². The van der Waals surface area contributed by atoms with Crippen LogP contribution in [0.2, 0.25) is 0 Å². The minimum Gasteiger partial charge on any atom is -0.479 e. The molecule has 0 saturated carbocycles. The predicted octanol–water partition coefficient (Wildman–Crippen LogP) is 4.22. The minimum atomic E-state index is -0.221. The van der Waals surface area contributed by atoms with Crippen LogP contribution in [0.3, 0.4) is 0 Å². The number of imidazole rings is 1. The lowest BCUT2D eigenvalue weighted by Gasteiger charge is -2.16. The van der Waals surface area contributed by atoms with Gasteiger partial charge in [0.05, 0.1) is 30.7 Å². The molecule has 0 fully saturated rings. The molecule has 1 aromatic carbocycles. The van der Waals surface area contributed by atoms with Gasteiger partial charge in [-0.25, -0.2) is 14.4 Å². The number of methoxy groups -OCH3 is 1. The molecule has 1 unspecified atom stereocenters. The third kappa shape index (κ3) is 4.16. The van der Waals surface area contributed by atoms with Crippen LogP contribution in [0.25, 0.3) is 17.3 Å². The Morgan fingerprint density at radius 3 is 2.76 bits per heavy atom. The summed E-state index contributed by atoms with van der Waals surface area (Å²) in [6.45, 7) is 4.84. The van der Waals surface area contributed by atoms with E-state index in [-0.39, 0.29) is 11.7 Å². The van der Waals surface area contributed by atoms with Crippen molar-refractivity contribution in [1.82, 2.24) is 24.6 Å². The third-order valence-corrected chi connectivity index (χ3v) is 6.00. The summed E-state index contributed by atoms with van der Waals surface area (Å²) in [5, 5.41) is 3.40. The van der Waals surface area contributed by atoms with Crippen molar-refractivity contribution in [3.05, 3.63) is 83.3 Å². The second kappa shape index (κ2) is 8.61. The Morgan fingerprint density at radius 2 is 2.03 bits per heavy atom. The first kappa shape index (κ1) is 21.1. The first-order chi connectivity index (χ1) is 16.0. The molecule has 0 saturated heterocycles. The van der Waals surface area contributed by atoms with E-state index in [1.165, 1.54) is 12.1 Å². The molecule has 3 aromatic heterocycles. The van der Waals surface area contributed by atoms with Gasteiger partial charge >= 0.3 is 5.82 Å². The van der Waals surface area contributed by atoms with Crippen molar-refractivity contribution in [2.75, 3.05) is 7.11 Å². The van der Waals surface area contributed by atoms with Crippen LogP contribution < -0.4 is 9.42 Å². The fourth-order valence-electron chi connectivity index (χ4n) is 4.33. The van der Waals surface area contributed by atoms with Gasteiger partial charge in [-0.2, -0.15) is 9.78 Å². The molecule has 0 aliphatic carbocycles. The molecule has 7 nitrogen and oxygen atoms in total. The topological polar surface area (TPSA) is 72.5 Å². The maximum absolute atomic E-state index is 13.4. The molecule has 1 aliphatic rings. The highest BCUT2D eigenvalue weighted by Crippen LogP contribution is 2.30. The van der Waals surface area contributed by atoms with E-state index in [9.17, 15) is 4.39 Å². The fraction of sp³-hybridized carbons (Fsp3) is 0.280. The molecule has 33 heavy (non-hydrogen) atoms. The Hall–Kier alpha value is -3.81. The molecule has 4 heterocycles. The van der Waals surface area contributed by atoms with E-state index >= 15 is 0 Å². The molecule has 5 rings (SSSR count). The van der Waals surface area contributed by atoms with Crippen LogP contribution in [0.15, 0.2) is 48.9 Å². The Balaban J connectivity index is 1.45. The van der Waals surface area contributed by atoms with Crippen LogP contribution in [0, 0.1) is 12.7 Å². The number of aryl methyl sites for hydroxylation is 2. The number of allylic oxidation sites excluding steroid dienone is 1. The van der Waals surface area contributed by atoms with Crippen molar-refractivity contribution >= 4 is 11.6 Å². The van der Waals surface area contributed by atoms with Gasteiger partial charge in [0.2, 0.25) is 5.88 Å². The number of benzene rings is 1. The van der Waals surface area contributed by atoms with Gasteiger partial charge in [-0.15, -0.1) is 0 Å². The molecule has 168 valence electrons. The van der Waals surface area contributed by atoms with Crippen molar-refractivity contribution in [3.8, 4) is 11.6 Å². The smallest absolute Gasteiger partial charge is 0.327 e. The molecule has 0 amide bonds. The van der Waals surface area contributed by atoms with Crippen LogP contribution in [-0.4, -0.2) is 31.7 Å². The lowest BCUT2D eigenvalue weighted by atomic mass is 9.91. The number of hydrogen-bond donors (Lipinski definition) is 1. The van der Waals surface area contributed by atoms with Crippen molar-refractivity contribution in [3.63, 3.8) is 0 Å². The van der Waals surface area contributed by atoms with Crippen LogP contribution in [0.4, 0.5) is 4.39 Å². The Labute approximate surface area is 191 Å². The zero-order valence-corrected chi connectivity index (χ0v) is 18.9. The van der Waals surface area contributed by atoms with E-state index in [1.807, 2.05) is 55.0 Å². The van der Waals surface area contributed by atoms with Crippen LogP contribution in [-0.2, 0) is 6.54 Å². The molecular formula is C25H26FN6O+. The number of nitrogens with zero attached hydrogens (tertiary/aromatic N) is 5. The van der Waals surface area contributed by atoms with E-state index in [4.69, 9.17) is 14.7 Å². The molecule has 1 aliphatic heterocycles. The number of ether oxygens (including phenoxy) is 1. The Kier molecular flexibility index (Phi) is 5.50. The van der Waals surface area contributed by atoms with E-state index < -0.39 is 0 Å². The highest BCUT2D eigenvalue weighted by molar-refractivity contribution is 5.77. The molecule has 0 radical (unpaired) electrons. The summed E-state index contributed by atoms with van der Waals surface area (Å²) in [5.41, 5.74) is 4.62. The molecule has 1 N–H and O–H groups in total. The number of halogens is 1. The second-order valence-corrected chi connectivity index (χ2v) is 8.34. The van der Waals surface area contributed by atoms with E-state index in [0.29, 0.717) is 5.88 Å². The largest absolute Gasteiger partial charge is 0.479 e. The number of aromatic amines is 1. The SMILES string of the molecule is COc1nc(/C(C)=C/c2nc3[n+]([nH]2)CCCC3c2ccc(F)cc2)ccc1-n1cnc(C)c1. The van der Waals surface area contributed by atoms with Gasteiger partial charge in [0.1, 0.15) is 18.0 Å². The van der Waals surface area contributed by atoms with Crippen molar-refractivity contribution in [1.29, 1.82) is 0 Å². The number of aromatic nitrogens is 6. The molecule has 0 spiro atoms. The lowest BCUT2D eigenvalue weighted by molar-refractivity contribution is -0.763. The van der Waals surface area contributed by atoms with Gasteiger partial charge in [0.15, 0.2) is 0 Å². The molecule has 1 atom stereocenters. The number of nitrogens with one attached hydrogen (secondary N) is 1. The highest BCUT2D eigenvalue weighted by atomic mass is 19.1. The summed E-state index contributed by atoms with van der Waals surface area (Å²) >= 11 is 0. The average Bonchev–Trinajstić information content (AvgIpc) is 3.44. The standard InChI is InChI=1S/C25H25FN6O/c1-16(21-10-11-22(25(28-21)33-3)31-14-17(2)27-15-31)13-23-29-24-20(5-4-12-32(24)30-23)18-6-8-19(26)9-7-18/h6-11,13-15,20H,4-5,12H2,1-3H3/p+1/b16-13+. The maximum atomic E-state index is 13.4. The highest BCUT2D eigenvalue weighted by Gasteiger charge is 2.33. The molecule has 4 aromatic rings. The number of fused-ring (bicyclic) bond motifs is 1. The zero-order valence-electron chi connectivity index (χ0n) is 18.9. The monoisotopic (exact) mass is 445 g/mol. The number of hydrogen-bond acceptors (Lipinski definition) is 4. The average molecular weight is 446 g/mol. The summed E-state index contributed by atoms with van der Waals surface area (Å²) in [5.74, 6) is 2.20. The maximum Gasteiger partial charge on any atom is 0.327 e.